The maximum atomic E-state index is 6.30. The summed E-state index contributed by atoms with van der Waals surface area (Å²) in [5.41, 5.74) is 0.860. The van der Waals surface area contributed by atoms with Gasteiger partial charge in [0.1, 0.15) is 16.8 Å². The van der Waals surface area contributed by atoms with Gasteiger partial charge in [-0.05, 0) is 26.2 Å². The van der Waals surface area contributed by atoms with Crippen LogP contribution in [0.2, 0.25) is 5.15 Å². The molecule has 2 fully saturated rings. The molecule has 0 spiro atoms. The average molecular weight is 309 g/mol. The van der Waals surface area contributed by atoms with Gasteiger partial charge in [0.2, 0.25) is 0 Å². The Morgan fingerprint density at radius 2 is 1.90 bits per heavy atom. The van der Waals surface area contributed by atoms with Crippen LogP contribution >= 0.6 is 11.6 Å². The fourth-order valence-electron chi connectivity index (χ4n) is 2.84. The van der Waals surface area contributed by atoms with E-state index in [1.807, 2.05) is 6.92 Å². The molecule has 1 saturated heterocycles. The highest BCUT2D eigenvalue weighted by Gasteiger charge is 2.34. The first-order chi connectivity index (χ1) is 9.84. The molecule has 1 aliphatic heterocycles. The van der Waals surface area contributed by atoms with Crippen LogP contribution in [0.15, 0.2) is 0 Å². The quantitative estimate of drug-likeness (QED) is 0.869. The number of halogens is 1. The van der Waals surface area contributed by atoms with Crippen molar-refractivity contribution in [2.24, 2.45) is 0 Å². The summed E-state index contributed by atoms with van der Waals surface area (Å²) in [5, 5.41) is 4.16. The molecule has 0 radical (unpaired) electrons. The van der Waals surface area contributed by atoms with Gasteiger partial charge in [-0.1, -0.05) is 32.4 Å². The number of nitrogens with zero attached hydrogens (tertiary/aromatic N) is 3. The van der Waals surface area contributed by atoms with Gasteiger partial charge in [0.25, 0.3) is 0 Å². The van der Waals surface area contributed by atoms with Gasteiger partial charge < -0.3 is 5.32 Å². The van der Waals surface area contributed by atoms with Crippen LogP contribution in [0, 0.1) is 6.92 Å². The fourth-order valence-corrected chi connectivity index (χ4v) is 3.00. The highest BCUT2D eigenvalue weighted by Crippen LogP contribution is 2.31. The molecular formula is C16H25ClN4. The fraction of sp³-hybridized carbons (Fsp3) is 0.750. The Hall–Kier alpha value is -0.870. The van der Waals surface area contributed by atoms with Gasteiger partial charge in [0, 0.05) is 36.2 Å². The van der Waals surface area contributed by atoms with Crippen LogP contribution in [0.3, 0.4) is 0 Å². The number of hydrogen-bond donors (Lipinski definition) is 1. The second-order valence-electron chi connectivity index (χ2n) is 7.42. The predicted molar refractivity (Wildman–Crippen MR) is 87.1 cm³/mol. The Morgan fingerprint density at radius 1 is 1.19 bits per heavy atom. The summed E-state index contributed by atoms with van der Waals surface area (Å²) >= 11 is 6.30. The molecule has 3 rings (SSSR count). The highest BCUT2D eigenvalue weighted by atomic mass is 35.5. The zero-order chi connectivity index (χ0) is 15.2. The standard InChI is InChI=1S/C16H25ClN4/c1-10-13(17)19-15(16(2,3)4)20-14(10)18-11-7-8-21(9-11)12-5-6-12/h11-12H,5-9H2,1-4H3,(H,18,19,20). The molecule has 4 nitrogen and oxygen atoms in total. The Bertz CT molecular complexity index is 534. The van der Waals surface area contributed by atoms with Crippen molar-refractivity contribution in [3.63, 3.8) is 0 Å². The highest BCUT2D eigenvalue weighted by molar-refractivity contribution is 6.30. The van der Waals surface area contributed by atoms with Crippen LogP contribution in [-0.2, 0) is 5.41 Å². The predicted octanol–water partition coefficient (Wildman–Crippen LogP) is 3.38. The van der Waals surface area contributed by atoms with E-state index in [4.69, 9.17) is 16.6 Å². The summed E-state index contributed by atoms with van der Waals surface area (Å²) in [5.74, 6) is 1.71. The van der Waals surface area contributed by atoms with E-state index < -0.39 is 0 Å². The lowest BCUT2D eigenvalue weighted by molar-refractivity contribution is 0.326. The van der Waals surface area contributed by atoms with Crippen molar-refractivity contribution >= 4 is 17.4 Å². The van der Waals surface area contributed by atoms with E-state index >= 15 is 0 Å². The van der Waals surface area contributed by atoms with E-state index in [1.165, 1.54) is 25.8 Å². The monoisotopic (exact) mass is 308 g/mol. The Labute approximate surface area is 132 Å². The lowest BCUT2D eigenvalue weighted by Gasteiger charge is -2.21. The maximum absolute atomic E-state index is 6.30. The van der Waals surface area contributed by atoms with Crippen LogP contribution in [0.25, 0.3) is 0 Å². The van der Waals surface area contributed by atoms with Crippen molar-refractivity contribution in [3.05, 3.63) is 16.5 Å². The van der Waals surface area contributed by atoms with Gasteiger partial charge in [0.15, 0.2) is 0 Å². The molecule has 1 aromatic rings. The third-order valence-electron chi connectivity index (χ3n) is 4.38. The SMILES string of the molecule is Cc1c(Cl)nc(C(C)(C)C)nc1NC1CCN(C2CC2)C1. The molecule has 0 aromatic carbocycles. The number of anilines is 1. The molecular weight excluding hydrogens is 284 g/mol. The minimum atomic E-state index is -0.0938. The molecule has 1 aromatic heterocycles. The zero-order valence-electron chi connectivity index (χ0n) is 13.4. The first-order valence-electron chi connectivity index (χ1n) is 7.90. The van der Waals surface area contributed by atoms with Crippen molar-refractivity contribution in [3.8, 4) is 0 Å². The third-order valence-corrected chi connectivity index (χ3v) is 4.75. The van der Waals surface area contributed by atoms with Gasteiger partial charge in [-0.3, -0.25) is 4.90 Å². The topological polar surface area (TPSA) is 41.1 Å². The van der Waals surface area contributed by atoms with Crippen molar-refractivity contribution in [2.45, 2.75) is 64.5 Å². The lowest BCUT2D eigenvalue weighted by atomic mass is 9.95. The maximum Gasteiger partial charge on any atom is 0.137 e. The number of likely N-dealkylation sites (tertiary alicyclic amines) is 1. The lowest BCUT2D eigenvalue weighted by Crippen LogP contribution is -2.29. The molecule has 1 N–H and O–H groups in total. The summed E-state index contributed by atoms with van der Waals surface area (Å²) in [4.78, 5) is 11.8. The van der Waals surface area contributed by atoms with E-state index in [0.29, 0.717) is 11.2 Å². The molecule has 0 amide bonds. The van der Waals surface area contributed by atoms with Crippen LogP contribution in [0.1, 0.15) is 51.4 Å². The van der Waals surface area contributed by atoms with Crippen molar-refractivity contribution in [1.82, 2.24) is 14.9 Å². The number of hydrogen-bond acceptors (Lipinski definition) is 4. The zero-order valence-corrected chi connectivity index (χ0v) is 14.2. The smallest absolute Gasteiger partial charge is 0.137 e. The van der Waals surface area contributed by atoms with Crippen LogP contribution in [-0.4, -0.2) is 40.0 Å². The van der Waals surface area contributed by atoms with Gasteiger partial charge in [-0.25, -0.2) is 9.97 Å². The summed E-state index contributed by atoms with van der Waals surface area (Å²) in [6, 6.07) is 1.32. The van der Waals surface area contributed by atoms with Crippen LogP contribution in [0.5, 0.6) is 0 Å². The van der Waals surface area contributed by atoms with E-state index in [2.05, 4.69) is 36.0 Å². The summed E-state index contributed by atoms with van der Waals surface area (Å²) in [6.45, 7) is 10.7. The second kappa shape index (κ2) is 5.40. The van der Waals surface area contributed by atoms with E-state index in [0.717, 1.165) is 29.8 Å². The van der Waals surface area contributed by atoms with Crippen molar-refractivity contribution in [2.75, 3.05) is 18.4 Å². The van der Waals surface area contributed by atoms with E-state index in [1.54, 1.807) is 0 Å². The molecule has 1 aliphatic carbocycles. The minimum Gasteiger partial charge on any atom is -0.366 e. The van der Waals surface area contributed by atoms with Gasteiger partial charge >= 0.3 is 0 Å². The summed E-state index contributed by atoms with van der Waals surface area (Å²) < 4.78 is 0. The molecule has 116 valence electrons. The van der Waals surface area contributed by atoms with Gasteiger partial charge in [-0.15, -0.1) is 0 Å². The largest absolute Gasteiger partial charge is 0.366 e. The van der Waals surface area contributed by atoms with Crippen molar-refractivity contribution < 1.29 is 0 Å². The normalized spacial score (nSPS) is 23.6. The molecule has 1 saturated carbocycles. The summed E-state index contributed by atoms with van der Waals surface area (Å²) in [6.07, 6.45) is 3.93. The number of aromatic nitrogens is 2. The van der Waals surface area contributed by atoms with Crippen LogP contribution in [0.4, 0.5) is 5.82 Å². The van der Waals surface area contributed by atoms with E-state index in [-0.39, 0.29) is 5.41 Å². The number of nitrogens with one attached hydrogen (secondary N) is 1. The molecule has 1 unspecified atom stereocenters. The summed E-state index contributed by atoms with van der Waals surface area (Å²) in [7, 11) is 0. The molecule has 2 heterocycles. The molecule has 2 aliphatic rings. The molecule has 5 heteroatoms. The third kappa shape index (κ3) is 3.32. The Morgan fingerprint density at radius 3 is 2.52 bits per heavy atom. The molecule has 21 heavy (non-hydrogen) atoms. The second-order valence-corrected chi connectivity index (χ2v) is 7.78. The van der Waals surface area contributed by atoms with Gasteiger partial charge in [-0.2, -0.15) is 0 Å². The Balaban J connectivity index is 1.76. The Kier molecular flexibility index (Phi) is 3.87. The van der Waals surface area contributed by atoms with Gasteiger partial charge in [0.05, 0.1) is 0 Å². The van der Waals surface area contributed by atoms with E-state index in [9.17, 15) is 0 Å². The van der Waals surface area contributed by atoms with Crippen molar-refractivity contribution in [1.29, 1.82) is 0 Å². The average Bonchev–Trinajstić information content (AvgIpc) is 3.14. The number of rotatable bonds is 3. The molecule has 1 atom stereocenters. The molecule has 0 bridgehead atoms. The van der Waals surface area contributed by atoms with Crippen LogP contribution < -0.4 is 5.32 Å². The minimum absolute atomic E-state index is 0.0938. The first-order valence-corrected chi connectivity index (χ1v) is 8.27. The first kappa shape index (κ1) is 15.0.